The van der Waals surface area contributed by atoms with Crippen LogP contribution < -0.4 is 0 Å². The van der Waals surface area contributed by atoms with Crippen LogP contribution >= 0.6 is 23.2 Å². The Labute approximate surface area is 202 Å². The highest BCUT2D eigenvalue weighted by atomic mass is 35.5. The molecule has 0 spiro atoms. The van der Waals surface area contributed by atoms with Crippen molar-refractivity contribution in [3.05, 3.63) is 69.7 Å². The fourth-order valence-electron chi connectivity index (χ4n) is 4.72. The van der Waals surface area contributed by atoms with Gasteiger partial charge < -0.3 is 0 Å². The van der Waals surface area contributed by atoms with Crippen molar-refractivity contribution in [3.63, 3.8) is 0 Å². The first-order valence-corrected chi connectivity index (χ1v) is 11.7. The first-order valence-electron chi connectivity index (χ1n) is 11.0. The lowest BCUT2D eigenvalue weighted by molar-refractivity contribution is -0.156. The van der Waals surface area contributed by atoms with Crippen LogP contribution in [0.3, 0.4) is 0 Å². The number of ketones is 1. The summed E-state index contributed by atoms with van der Waals surface area (Å²) in [6.45, 7) is 3.58. The Morgan fingerprint density at radius 1 is 0.879 bits per heavy atom. The zero-order chi connectivity index (χ0) is 23.9. The van der Waals surface area contributed by atoms with Crippen LogP contribution in [0.15, 0.2) is 48.5 Å². The molecule has 4 rings (SSSR count). The van der Waals surface area contributed by atoms with Gasteiger partial charge in [0.15, 0.2) is 5.78 Å². The lowest BCUT2D eigenvalue weighted by Gasteiger charge is -2.34. The Morgan fingerprint density at radius 2 is 1.39 bits per heavy atom. The summed E-state index contributed by atoms with van der Waals surface area (Å²) < 4.78 is 0. The summed E-state index contributed by atoms with van der Waals surface area (Å²) in [5.41, 5.74) is 0.546. The second-order valence-electron chi connectivity index (χ2n) is 8.82. The van der Waals surface area contributed by atoms with E-state index in [1.807, 2.05) is 0 Å². The summed E-state index contributed by atoms with van der Waals surface area (Å²) in [6, 6.07) is 11.3. The molecule has 2 aromatic rings. The number of benzene rings is 2. The minimum Gasteiger partial charge on any atom is -0.292 e. The molecule has 4 atom stereocenters. The van der Waals surface area contributed by atoms with Crippen LogP contribution in [0.1, 0.15) is 53.8 Å². The molecule has 2 aliphatic rings. The summed E-state index contributed by atoms with van der Waals surface area (Å²) in [6.07, 6.45) is 2.03. The van der Waals surface area contributed by atoms with Crippen LogP contribution in [0.2, 0.25) is 10.0 Å². The van der Waals surface area contributed by atoms with Gasteiger partial charge in [0, 0.05) is 21.2 Å². The quantitative estimate of drug-likeness (QED) is 0.438. The predicted molar refractivity (Wildman–Crippen MR) is 125 cm³/mol. The van der Waals surface area contributed by atoms with E-state index in [1.54, 1.807) is 36.4 Å². The molecule has 1 saturated carbocycles. The minimum absolute atomic E-state index is 0.221. The van der Waals surface area contributed by atoms with Crippen molar-refractivity contribution < 1.29 is 19.2 Å². The molecule has 8 heteroatoms. The summed E-state index contributed by atoms with van der Waals surface area (Å²) in [5.74, 6) is -2.49. The third kappa shape index (κ3) is 4.42. The normalized spacial score (nSPS) is 23.3. The summed E-state index contributed by atoms with van der Waals surface area (Å²) in [7, 11) is 0. The number of carbonyl (C=O) groups excluding carboxylic acids is 4. The fraction of sp³-hybridized carbons (Fsp3) is 0.360. The molecule has 0 unspecified atom stereocenters. The number of halogens is 2. The highest BCUT2D eigenvalue weighted by Crippen LogP contribution is 2.41. The third-order valence-corrected chi connectivity index (χ3v) is 7.06. The van der Waals surface area contributed by atoms with Gasteiger partial charge in [-0.1, -0.05) is 30.1 Å². The number of hydrogen-bond donors (Lipinski definition) is 0. The number of carbonyl (C=O) groups is 4. The minimum atomic E-state index is -1.10. The Hall–Kier alpha value is -2.70. The number of Topliss-reactive ketones (excluding diaryl/α,β-unsaturated/α-hetero) is 1. The number of imide groups is 1. The van der Waals surface area contributed by atoms with Crippen molar-refractivity contribution in [1.82, 2.24) is 10.0 Å². The highest BCUT2D eigenvalue weighted by Gasteiger charge is 2.54. The Balaban J connectivity index is 1.74. The summed E-state index contributed by atoms with van der Waals surface area (Å²) in [5, 5.41) is 2.85. The molecule has 0 bridgehead atoms. The van der Waals surface area contributed by atoms with Crippen molar-refractivity contribution in [1.29, 1.82) is 0 Å². The molecule has 0 aromatic heterocycles. The van der Waals surface area contributed by atoms with Gasteiger partial charge in [-0.3, -0.25) is 19.2 Å². The van der Waals surface area contributed by atoms with Crippen LogP contribution in [0, 0.1) is 17.8 Å². The number of hydrogen-bond acceptors (Lipinski definition) is 4. The van der Waals surface area contributed by atoms with Crippen molar-refractivity contribution in [2.45, 2.75) is 39.2 Å². The van der Waals surface area contributed by atoms with E-state index in [1.165, 1.54) is 19.1 Å². The average Bonchev–Trinajstić information content (AvgIpc) is 3.04. The molecule has 1 aliphatic carbocycles. The van der Waals surface area contributed by atoms with Crippen LogP contribution in [-0.4, -0.2) is 39.6 Å². The maximum Gasteiger partial charge on any atom is 0.273 e. The van der Waals surface area contributed by atoms with Gasteiger partial charge in [-0.25, -0.2) is 5.01 Å². The van der Waals surface area contributed by atoms with Gasteiger partial charge >= 0.3 is 0 Å². The molecule has 1 aliphatic heterocycles. The van der Waals surface area contributed by atoms with Crippen molar-refractivity contribution >= 4 is 46.7 Å². The topological polar surface area (TPSA) is 74.8 Å². The zero-order valence-corrected chi connectivity index (χ0v) is 19.8. The number of hydrazine groups is 1. The molecule has 3 amide bonds. The molecule has 172 valence electrons. The smallest absolute Gasteiger partial charge is 0.273 e. The van der Waals surface area contributed by atoms with E-state index in [-0.39, 0.29) is 5.56 Å². The molecule has 0 N–H and O–H groups in total. The first kappa shape index (κ1) is 23.5. The predicted octanol–water partition coefficient (Wildman–Crippen LogP) is 5.04. The second kappa shape index (κ2) is 9.27. The van der Waals surface area contributed by atoms with Gasteiger partial charge in [0.1, 0.15) is 6.04 Å². The molecule has 33 heavy (non-hydrogen) atoms. The van der Waals surface area contributed by atoms with E-state index in [4.69, 9.17) is 23.2 Å². The fourth-order valence-corrected chi connectivity index (χ4v) is 4.97. The van der Waals surface area contributed by atoms with E-state index in [0.29, 0.717) is 34.4 Å². The van der Waals surface area contributed by atoms with Gasteiger partial charge in [0.25, 0.3) is 17.7 Å². The number of amides is 3. The van der Waals surface area contributed by atoms with E-state index in [9.17, 15) is 19.2 Å². The Kier molecular flexibility index (Phi) is 6.59. The molecule has 6 nitrogen and oxygen atoms in total. The lowest BCUT2D eigenvalue weighted by atomic mass is 9.76. The lowest BCUT2D eigenvalue weighted by Crippen LogP contribution is -2.56. The van der Waals surface area contributed by atoms with Gasteiger partial charge in [-0.15, -0.1) is 0 Å². The highest BCUT2D eigenvalue weighted by molar-refractivity contribution is 6.31. The van der Waals surface area contributed by atoms with Crippen LogP contribution in [0.25, 0.3) is 0 Å². The van der Waals surface area contributed by atoms with Crippen molar-refractivity contribution in [2.24, 2.45) is 17.8 Å². The van der Waals surface area contributed by atoms with Gasteiger partial charge in [-0.05, 0) is 80.6 Å². The standard InChI is InChI=1S/C25H24Cl2N2O4/c1-14-3-12-20-21(13-14)25(33)29(24(20)32)28(23(31)17-6-10-19(27)11-7-17)15(2)22(30)16-4-8-18(26)9-5-16/h4-11,14-15,20-21H,3,12-13H2,1-2H3/t14-,15-,20+,21+/m1/s1. The summed E-state index contributed by atoms with van der Waals surface area (Å²) >= 11 is 11.9. The Morgan fingerprint density at radius 3 is 1.97 bits per heavy atom. The molecular formula is C25H24Cl2N2O4. The maximum atomic E-state index is 13.6. The van der Waals surface area contributed by atoms with Crippen LogP contribution in [0.5, 0.6) is 0 Å². The number of nitrogens with zero attached hydrogens (tertiary/aromatic N) is 2. The van der Waals surface area contributed by atoms with Gasteiger partial charge in [0.2, 0.25) is 0 Å². The van der Waals surface area contributed by atoms with Crippen LogP contribution in [-0.2, 0) is 9.59 Å². The number of rotatable bonds is 5. The molecule has 2 fully saturated rings. The van der Waals surface area contributed by atoms with Crippen molar-refractivity contribution in [3.8, 4) is 0 Å². The third-order valence-electron chi connectivity index (χ3n) is 6.55. The maximum absolute atomic E-state index is 13.6. The SMILES string of the molecule is C[C@@H]1CC[C@@H]2C(=O)N(N(C(=O)c3ccc(Cl)cc3)[C@H](C)C(=O)c3ccc(Cl)cc3)C(=O)[C@H]2C1. The van der Waals surface area contributed by atoms with E-state index < -0.39 is 41.4 Å². The van der Waals surface area contributed by atoms with E-state index >= 15 is 0 Å². The van der Waals surface area contributed by atoms with E-state index in [0.717, 1.165) is 16.4 Å². The monoisotopic (exact) mass is 486 g/mol. The second-order valence-corrected chi connectivity index (χ2v) is 9.70. The van der Waals surface area contributed by atoms with Gasteiger partial charge in [0.05, 0.1) is 11.8 Å². The molecule has 2 aromatic carbocycles. The largest absolute Gasteiger partial charge is 0.292 e. The van der Waals surface area contributed by atoms with Crippen molar-refractivity contribution in [2.75, 3.05) is 0 Å². The number of fused-ring (bicyclic) bond motifs is 1. The summed E-state index contributed by atoms with van der Waals surface area (Å²) in [4.78, 5) is 53.7. The average molecular weight is 487 g/mol. The molecule has 1 saturated heterocycles. The molecular weight excluding hydrogens is 463 g/mol. The first-order chi connectivity index (χ1) is 15.7. The van der Waals surface area contributed by atoms with E-state index in [2.05, 4.69) is 6.92 Å². The molecule has 0 radical (unpaired) electrons. The zero-order valence-electron chi connectivity index (χ0n) is 18.3. The Bertz CT molecular complexity index is 1100. The van der Waals surface area contributed by atoms with Crippen LogP contribution in [0.4, 0.5) is 0 Å². The van der Waals surface area contributed by atoms with Gasteiger partial charge in [-0.2, -0.15) is 5.01 Å². The molecule has 1 heterocycles.